The van der Waals surface area contributed by atoms with Crippen molar-refractivity contribution in [2.75, 3.05) is 16.5 Å². The van der Waals surface area contributed by atoms with Crippen LogP contribution in [0.15, 0.2) is 30.3 Å². The number of nitrogens with one attached hydrogen (secondary N) is 2. The average Bonchev–Trinajstić information content (AvgIpc) is 2.40. The van der Waals surface area contributed by atoms with Gasteiger partial charge in [0.1, 0.15) is 11.6 Å². The van der Waals surface area contributed by atoms with E-state index in [0.29, 0.717) is 11.6 Å². The minimum absolute atomic E-state index is 0.172. The highest BCUT2D eigenvalue weighted by Crippen LogP contribution is 2.22. The molecule has 0 aliphatic rings. The zero-order valence-corrected chi connectivity index (χ0v) is 10.9. The fourth-order valence-corrected chi connectivity index (χ4v) is 1.87. The second-order valence-corrected chi connectivity index (χ2v) is 4.17. The van der Waals surface area contributed by atoms with Crippen molar-refractivity contribution in [2.24, 2.45) is 5.84 Å². The molecule has 1 aromatic carbocycles. The van der Waals surface area contributed by atoms with E-state index in [0.717, 1.165) is 18.5 Å². The van der Waals surface area contributed by atoms with Crippen molar-refractivity contribution < 1.29 is 0 Å². The van der Waals surface area contributed by atoms with Crippen LogP contribution in [0, 0.1) is 0 Å². The van der Waals surface area contributed by atoms with E-state index in [1.807, 2.05) is 18.2 Å². The third-order valence-electron chi connectivity index (χ3n) is 2.69. The number of nitrogens with zero attached hydrogens (tertiary/aromatic N) is 2. The first-order valence-corrected chi connectivity index (χ1v) is 6.19. The van der Waals surface area contributed by atoms with Gasteiger partial charge in [0, 0.05) is 11.8 Å². The summed E-state index contributed by atoms with van der Waals surface area (Å²) in [4.78, 5) is 8.08. The number of anilines is 4. The SMILES string of the molecule is CCCc1ccccc1Nc1cc(NN)nc(N)n1. The van der Waals surface area contributed by atoms with E-state index in [1.54, 1.807) is 6.07 Å². The Morgan fingerprint density at radius 2 is 1.89 bits per heavy atom. The molecule has 1 heterocycles. The average molecular weight is 258 g/mol. The number of aromatic nitrogens is 2. The third-order valence-corrected chi connectivity index (χ3v) is 2.69. The molecule has 0 aliphatic carbocycles. The van der Waals surface area contributed by atoms with Gasteiger partial charge in [-0.25, -0.2) is 5.84 Å². The molecule has 19 heavy (non-hydrogen) atoms. The van der Waals surface area contributed by atoms with Gasteiger partial charge in [0.05, 0.1) is 0 Å². The second-order valence-electron chi connectivity index (χ2n) is 4.17. The lowest BCUT2D eigenvalue weighted by Gasteiger charge is -2.12. The number of hydrazine groups is 1. The topological polar surface area (TPSA) is 102 Å². The van der Waals surface area contributed by atoms with Crippen molar-refractivity contribution in [1.29, 1.82) is 0 Å². The molecule has 1 aromatic heterocycles. The lowest BCUT2D eigenvalue weighted by atomic mass is 10.1. The quantitative estimate of drug-likeness (QED) is 0.483. The third kappa shape index (κ3) is 3.32. The Morgan fingerprint density at radius 1 is 1.16 bits per heavy atom. The summed E-state index contributed by atoms with van der Waals surface area (Å²) in [5, 5.41) is 3.25. The predicted octanol–water partition coefficient (Wildman–Crippen LogP) is 2.04. The van der Waals surface area contributed by atoms with E-state index < -0.39 is 0 Å². The Hall–Kier alpha value is -2.34. The molecule has 0 fully saturated rings. The van der Waals surface area contributed by atoms with Crippen molar-refractivity contribution in [3.05, 3.63) is 35.9 Å². The Bertz CT molecular complexity index is 555. The van der Waals surface area contributed by atoms with Crippen molar-refractivity contribution in [2.45, 2.75) is 19.8 Å². The molecule has 2 aromatic rings. The molecule has 0 bridgehead atoms. The lowest BCUT2D eigenvalue weighted by molar-refractivity contribution is 0.923. The molecular weight excluding hydrogens is 240 g/mol. The highest BCUT2D eigenvalue weighted by Gasteiger charge is 2.05. The van der Waals surface area contributed by atoms with Gasteiger partial charge in [-0.05, 0) is 18.1 Å². The van der Waals surface area contributed by atoms with Gasteiger partial charge in [0.25, 0.3) is 0 Å². The molecule has 0 spiro atoms. The monoisotopic (exact) mass is 258 g/mol. The predicted molar refractivity (Wildman–Crippen MR) is 78.0 cm³/mol. The zero-order valence-electron chi connectivity index (χ0n) is 10.9. The van der Waals surface area contributed by atoms with E-state index >= 15 is 0 Å². The molecule has 6 N–H and O–H groups in total. The van der Waals surface area contributed by atoms with Crippen LogP contribution >= 0.6 is 0 Å². The van der Waals surface area contributed by atoms with Gasteiger partial charge >= 0.3 is 0 Å². The Morgan fingerprint density at radius 3 is 2.63 bits per heavy atom. The Balaban J connectivity index is 2.28. The van der Waals surface area contributed by atoms with Crippen LogP contribution in [0.5, 0.6) is 0 Å². The summed E-state index contributed by atoms with van der Waals surface area (Å²) in [6.07, 6.45) is 2.09. The van der Waals surface area contributed by atoms with Crippen molar-refractivity contribution in [3.8, 4) is 0 Å². The summed E-state index contributed by atoms with van der Waals surface area (Å²) in [5.41, 5.74) is 10.3. The number of aryl methyl sites for hydroxylation is 1. The molecule has 0 atom stereocenters. The zero-order chi connectivity index (χ0) is 13.7. The Kier molecular flexibility index (Phi) is 4.15. The molecule has 6 nitrogen and oxygen atoms in total. The van der Waals surface area contributed by atoms with Crippen LogP contribution < -0.4 is 22.3 Å². The van der Waals surface area contributed by atoms with Crippen molar-refractivity contribution in [1.82, 2.24) is 9.97 Å². The van der Waals surface area contributed by atoms with E-state index in [-0.39, 0.29) is 5.95 Å². The first-order valence-electron chi connectivity index (χ1n) is 6.19. The molecule has 0 radical (unpaired) electrons. The van der Waals surface area contributed by atoms with Crippen LogP contribution in [0.2, 0.25) is 0 Å². The van der Waals surface area contributed by atoms with Gasteiger partial charge in [0.2, 0.25) is 5.95 Å². The maximum absolute atomic E-state index is 5.63. The molecule has 0 unspecified atom stereocenters. The summed E-state index contributed by atoms with van der Waals surface area (Å²) in [6.45, 7) is 2.15. The molecule has 0 saturated heterocycles. The number of rotatable bonds is 5. The van der Waals surface area contributed by atoms with Crippen LogP contribution in [0.25, 0.3) is 0 Å². The molecular formula is C13H18N6. The fourth-order valence-electron chi connectivity index (χ4n) is 1.87. The highest BCUT2D eigenvalue weighted by atomic mass is 15.3. The van der Waals surface area contributed by atoms with Crippen LogP contribution in [-0.4, -0.2) is 9.97 Å². The molecule has 0 amide bonds. The number of benzene rings is 1. The van der Waals surface area contributed by atoms with Crippen LogP contribution in [0.1, 0.15) is 18.9 Å². The standard InChI is InChI=1S/C13H18N6/c1-2-5-9-6-3-4-7-10(9)16-11-8-12(19-15)18-13(14)17-11/h3-4,6-8H,2,5,15H2,1H3,(H4,14,16,17,18,19). The van der Waals surface area contributed by atoms with Crippen LogP contribution in [0.3, 0.4) is 0 Å². The maximum Gasteiger partial charge on any atom is 0.223 e. The second kappa shape index (κ2) is 6.01. The lowest BCUT2D eigenvalue weighted by Crippen LogP contribution is -2.11. The van der Waals surface area contributed by atoms with E-state index in [1.165, 1.54) is 5.56 Å². The number of hydrogen-bond acceptors (Lipinski definition) is 6. The molecule has 6 heteroatoms. The first-order chi connectivity index (χ1) is 9.22. The van der Waals surface area contributed by atoms with Gasteiger partial charge in [-0.2, -0.15) is 9.97 Å². The minimum Gasteiger partial charge on any atom is -0.368 e. The minimum atomic E-state index is 0.172. The molecule has 2 rings (SSSR count). The van der Waals surface area contributed by atoms with Crippen molar-refractivity contribution in [3.63, 3.8) is 0 Å². The summed E-state index contributed by atoms with van der Waals surface area (Å²) >= 11 is 0. The summed E-state index contributed by atoms with van der Waals surface area (Å²) < 4.78 is 0. The summed E-state index contributed by atoms with van der Waals surface area (Å²) in [5.74, 6) is 6.60. The molecule has 0 saturated carbocycles. The largest absolute Gasteiger partial charge is 0.368 e. The normalized spacial score (nSPS) is 10.2. The number of hydrogen-bond donors (Lipinski definition) is 4. The van der Waals surface area contributed by atoms with E-state index in [2.05, 4.69) is 33.7 Å². The molecule has 0 aliphatic heterocycles. The van der Waals surface area contributed by atoms with Gasteiger partial charge < -0.3 is 16.5 Å². The van der Waals surface area contributed by atoms with Gasteiger partial charge in [-0.15, -0.1) is 0 Å². The highest BCUT2D eigenvalue weighted by molar-refractivity contribution is 5.63. The van der Waals surface area contributed by atoms with E-state index in [4.69, 9.17) is 11.6 Å². The van der Waals surface area contributed by atoms with Gasteiger partial charge in [0.15, 0.2) is 0 Å². The fraction of sp³-hybridized carbons (Fsp3) is 0.231. The summed E-state index contributed by atoms with van der Waals surface area (Å²) in [6, 6.07) is 9.82. The Labute approximate surface area is 112 Å². The number of para-hydroxylation sites is 1. The summed E-state index contributed by atoms with van der Waals surface area (Å²) in [7, 11) is 0. The van der Waals surface area contributed by atoms with Crippen LogP contribution in [0.4, 0.5) is 23.3 Å². The molecule has 100 valence electrons. The van der Waals surface area contributed by atoms with E-state index in [9.17, 15) is 0 Å². The smallest absolute Gasteiger partial charge is 0.223 e. The first kappa shape index (κ1) is 13.1. The number of nitrogen functional groups attached to an aromatic ring is 2. The van der Waals surface area contributed by atoms with Crippen molar-refractivity contribution >= 4 is 23.3 Å². The number of nitrogens with two attached hydrogens (primary N) is 2. The van der Waals surface area contributed by atoms with Gasteiger partial charge in [-0.1, -0.05) is 31.5 Å². The van der Waals surface area contributed by atoms with Gasteiger partial charge in [-0.3, -0.25) is 0 Å². The maximum atomic E-state index is 5.63. The van der Waals surface area contributed by atoms with Crippen LogP contribution in [-0.2, 0) is 6.42 Å².